The van der Waals surface area contributed by atoms with Gasteiger partial charge < -0.3 is 10.4 Å². The highest BCUT2D eigenvalue weighted by Gasteiger charge is 2.23. The van der Waals surface area contributed by atoms with E-state index in [1.165, 1.54) is 12.8 Å². The van der Waals surface area contributed by atoms with E-state index in [0.29, 0.717) is 17.4 Å². The van der Waals surface area contributed by atoms with Crippen LogP contribution in [0.15, 0.2) is 12.1 Å². The Morgan fingerprint density at radius 1 is 1.56 bits per heavy atom. The normalized spacial score (nSPS) is 16.3. The summed E-state index contributed by atoms with van der Waals surface area (Å²) in [5.41, 5.74) is 1.12. The summed E-state index contributed by atoms with van der Waals surface area (Å²) in [5.74, 6) is 0.630. The minimum absolute atomic E-state index is 0.308. The first kappa shape index (κ1) is 12.9. The van der Waals surface area contributed by atoms with Crippen LogP contribution < -0.4 is 5.32 Å². The number of carbonyl (C=O) groups is 1. The molecule has 18 heavy (non-hydrogen) atoms. The van der Waals surface area contributed by atoms with Gasteiger partial charge in [-0.3, -0.25) is 0 Å². The van der Waals surface area contributed by atoms with Crippen molar-refractivity contribution >= 4 is 11.8 Å². The predicted octanol–water partition coefficient (Wildman–Crippen LogP) is 2.94. The Kier molecular flexibility index (Phi) is 3.84. The van der Waals surface area contributed by atoms with Crippen LogP contribution in [-0.2, 0) is 6.42 Å². The Morgan fingerprint density at radius 2 is 2.28 bits per heavy atom. The fraction of sp³-hybridized carbons (Fsp3) is 0.571. The third kappa shape index (κ3) is 3.45. The molecule has 1 saturated carbocycles. The lowest BCUT2D eigenvalue weighted by atomic mass is 10.1. The Labute approximate surface area is 107 Å². The van der Waals surface area contributed by atoms with Crippen molar-refractivity contribution in [2.24, 2.45) is 5.92 Å². The van der Waals surface area contributed by atoms with Gasteiger partial charge >= 0.3 is 5.97 Å². The van der Waals surface area contributed by atoms with Crippen LogP contribution in [0.25, 0.3) is 0 Å². The second-order valence-electron chi connectivity index (χ2n) is 5.12. The lowest BCUT2D eigenvalue weighted by Gasteiger charge is -2.15. The Hall–Kier alpha value is -1.58. The highest BCUT2D eigenvalue weighted by molar-refractivity contribution is 5.88. The fourth-order valence-corrected chi connectivity index (χ4v) is 2.13. The maximum absolute atomic E-state index is 11.0. The Balaban J connectivity index is 2.09. The monoisotopic (exact) mass is 248 g/mol. The lowest BCUT2D eigenvalue weighted by Crippen LogP contribution is -2.17. The smallest absolute Gasteiger partial charge is 0.335 e. The molecule has 1 unspecified atom stereocenters. The maximum Gasteiger partial charge on any atom is 0.335 e. The van der Waals surface area contributed by atoms with Gasteiger partial charge in [0.25, 0.3) is 0 Å². The summed E-state index contributed by atoms with van der Waals surface area (Å²) in [5, 5.41) is 12.4. The molecule has 1 atom stereocenters. The van der Waals surface area contributed by atoms with Crippen LogP contribution in [0.5, 0.6) is 0 Å². The number of carboxylic acids is 1. The highest BCUT2D eigenvalue weighted by atomic mass is 16.4. The van der Waals surface area contributed by atoms with Crippen LogP contribution in [0, 0.1) is 5.92 Å². The quantitative estimate of drug-likeness (QED) is 0.812. The molecular formula is C14H20N2O2. The minimum Gasteiger partial charge on any atom is -0.478 e. The number of hydrogen-bond donors (Lipinski definition) is 2. The van der Waals surface area contributed by atoms with Crippen molar-refractivity contribution in [3.05, 3.63) is 23.4 Å². The molecule has 1 aromatic heterocycles. The van der Waals surface area contributed by atoms with Gasteiger partial charge in [0.1, 0.15) is 5.82 Å². The molecule has 0 aromatic carbocycles. The van der Waals surface area contributed by atoms with Crippen molar-refractivity contribution in [3.63, 3.8) is 0 Å². The average Bonchev–Trinajstić information content (AvgIpc) is 3.12. The van der Waals surface area contributed by atoms with Gasteiger partial charge in [-0.1, -0.05) is 19.8 Å². The number of aryl methyl sites for hydroxylation is 1. The van der Waals surface area contributed by atoms with Crippen molar-refractivity contribution in [2.45, 2.75) is 45.6 Å². The van der Waals surface area contributed by atoms with E-state index in [9.17, 15) is 4.79 Å². The van der Waals surface area contributed by atoms with Crippen molar-refractivity contribution in [2.75, 3.05) is 5.32 Å². The van der Waals surface area contributed by atoms with Crippen LogP contribution in [0.4, 0.5) is 5.82 Å². The van der Waals surface area contributed by atoms with E-state index in [4.69, 9.17) is 5.11 Å². The molecular weight excluding hydrogens is 228 g/mol. The molecule has 2 rings (SSSR count). The molecule has 0 spiro atoms. The first-order chi connectivity index (χ1) is 8.58. The van der Waals surface area contributed by atoms with Gasteiger partial charge in [-0.15, -0.1) is 0 Å². The Morgan fingerprint density at radius 3 is 2.83 bits per heavy atom. The summed E-state index contributed by atoms with van der Waals surface area (Å²) in [6.07, 6.45) is 4.54. The molecule has 0 bridgehead atoms. The van der Waals surface area contributed by atoms with E-state index < -0.39 is 5.97 Å². The van der Waals surface area contributed by atoms with Crippen LogP contribution in [0.2, 0.25) is 0 Å². The predicted molar refractivity (Wildman–Crippen MR) is 71.0 cm³/mol. The molecule has 0 radical (unpaired) electrons. The number of anilines is 1. The zero-order valence-electron chi connectivity index (χ0n) is 10.9. The molecule has 1 aliphatic rings. The van der Waals surface area contributed by atoms with Gasteiger partial charge in [-0.05, 0) is 37.8 Å². The number of carboxylic acid groups (broad SMARTS) is 1. The molecule has 4 nitrogen and oxygen atoms in total. The van der Waals surface area contributed by atoms with Gasteiger partial charge in [0.2, 0.25) is 0 Å². The van der Waals surface area contributed by atoms with Crippen LogP contribution >= 0.6 is 0 Å². The molecule has 1 heterocycles. The standard InChI is InChI=1S/C14H20N2O2/c1-3-12-7-11(14(17)18)8-13(16-12)15-9(2)6-10-4-5-10/h7-10H,3-6H2,1-2H3,(H,15,16)(H,17,18). The molecule has 2 N–H and O–H groups in total. The van der Waals surface area contributed by atoms with Gasteiger partial charge in [0, 0.05) is 11.7 Å². The number of pyridine rings is 1. The number of rotatable bonds is 6. The van der Waals surface area contributed by atoms with E-state index in [-0.39, 0.29) is 0 Å². The van der Waals surface area contributed by atoms with E-state index in [1.807, 2.05) is 6.92 Å². The average molecular weight is 248 g/mol. The Bertz CT molecular complexity index is 441. The molecule has 0 saturated heterocycles. The largest absolute Gasteiger partial charge is 0.478 e. The molecule has 1 fully saturated rings. The summed E-state index contributed by atoms with van der Waals surface area (Å²) in [7, 11) is 0. The van der Waals surface area contributed by atoms with Crippen LogP contribution in [-0.4, -0.2) is 22.1 Å². The topological polar surface area (TPSA) is 62.2 Å². The molecule has 1 aromatic rings. The number of nitrogens with zero attached hydrogens (tertiary/aromatic N) is 1. The fourth-order valence-electron chi connectivity index (χ4n) is 2.13. The summed E-state index contributed by atoms with van der Waals surface area (Å²) in [4.78, 5) is 15.5. The second kappa shape index (κ2) is 5.38. The number of hydrogen-bond acceptors (Lipinski definition) is 3. The summed E-state index contributed by atoms with van der Waals surface area (Å²) in [6.45, 7) is 4.10. The van der Waals surface area contributed by atoms with Crippen LogP contribution in [0.1, 0.15) is 49.2 Å². The molecule has 98 valence electrons. The van der Waals surface area contributed by atoms with Gasteiger partial charge in [-0.2, -0.15) is 0 Å². The number of aromatic nitrogens is 1. The summed E-state index contributed by atoms with van der Waals surface area (Å²) in [6, 6.07) is 3.60. The van der Waals surface area contributed by atoms with Crippen molar-refractivity contribution < 1.29 is 9.90 Å². The van der Waals surface area contributed by atoms with E-state index in [0.717, 1.165) is 24.5 Å². The minimum atomic E-state index is -0.898. The van der Waals surface area contributed by atoms with Gasteiger partial charge in [0.15, 0.2) is 0 Å². The summed E-state index contributed by atoms with van der Waals surface area (Å²) < 4.78 is 0. The summed E-state index contributed by atoms with van der Waals surface area (Å²) >= 11 is 0. The molecule has 4 heteroatoms. The first-order valence-electron chi connectivity index (χ1n) is 6.59. The van der Waals surface area contributed by atoms with Gasteiger partial charge in [0.05, 0.1) is 5.56 Å². The van der Waals surface area contributed by atoms with Crippen molar-refractivity contribution in [3.8, 4) is 0 Å². The molecule has 0 amide bonds. The van der Waals surface area contributed by atoms with Crippen molar-refractivity contribution in [1.82, 2.24) is 4.98 Å². The second-order valence-corrected chi connectivity index (χ2v) is 5.12. The van der Waals surface area contributed by atoms with Crippen LogP contribution in [0.3, 0.4) is 0 Å². The third-order valence-electron chi connectivity index (χ3n) is 3.27. The molecule has 1 aliphatic carbocycles. The zero-order valence-corrected chi connectivity index (χ0v) is 10.9. The van der Waals surface area contributed by atoms with E-state index >= 15 is 0 Å². The lowest BCUT2D eigenvalue weighted by molar-refractivity contribution is 0.0696. The van der Waals surface area contributed by atoms with Gasteiger partial charge in [-0.25, -0.2) is 9.78 Å². The molecule has 0 aliphatic heterocycles. The third-order valence-corrected chi connectivity index (χ3v) is 3.27. The zero-order chi connectivity index (χ0) is 13.1. The van der Waals surface area contributed by atoms with Crippen molar-refractivity contribution in [1.29, 1.82) is 0 Å². The number of aromatic carboxylic acids is 1. The maximum atomic E-state index is 11.0. The van der Waals surface area contributed by atoms with E-state index in [1.54, 1.807) is 12.1 Å². The highest BCUT2D eigenvalue weighted by Crippen LogP contribution is 2.34. The number of nitrogens with one attached hydrogen (secondary N) is 1. The SMILES string of the molecule is CCc1cc(C(=O)O)cc(NC(C)CC2CC2)n1. The van der Waals surface area contributed by atoms with E-state index in [2.05, 4.69) is 17.2 Å². The first-order valence-corrected chi connectivity index (χ1v) is 6.59.